The van der Waals surface area contributed by atoms with Gasteiger partial charge in [0.15, 0.2) is 11.5 Å². The van der Waals surface area contributed by atoms with E-state index in [1.54, 1.807) is 25.4 Å². The number of aromatic nitrogens is 2. The van der Waals surface area contributed by atoms with Gasteiger partial charge in [0.05, 0.1) is 12.2 Å². The Bertz CT molecular complexity index is 619. The first-order valence-corrected chi connectivity index (χ1v) is 5.99. The predicted octanol–water partition coefficient (Wildman–Crippen LogP) is 2.59. The summed E-state index contributed by atoms with van der Waals surface area (Å²) in [6.07, 6.45) is 4.07. The molecule has 2 aromatic rings. The summed E-state index contributed by atoms with van der Waals surface area (Å²) < 4.78 is 26.4. The molecule has 2 aromatic heterocycles. The van der Waals surface area contributed by atoms with Crippen LogP contribution in [0.1, 0.15) is 29.0 Å². The van der Waals surface area contributed by atoms with Gasteiger partial charge in [0, 0.05) is 25.5 Å². The van der Waals surface area contributed by atoms with Gasteiger partial charge in [-0.3, -0.25) is 9.78 Å². The molecule has 0 aliphatic rings. The smallest absolute Gasteiger partial charge is 0.275 e. The average molecular weight is 277 g/mol. The predicted molar refractivity (Wildman–Crippen MR) is 68.9 cm³/mol. The summed E-state index contributed by atoms with van der Waals surface area (Å²) >= 11 is 0. The van der Waals surface area contributed by atoms with Crippen LogP contribution >= 0.6 is 0 Å². The van der Waals surface area contributed by atoms with Crippen molar-refractivity contribution in [3.8, 4) is 0 Å². The van der Waals surface area contributed by atoms with E-state index in [2.05, 4.69) is 9.97 Å². The molecular weight excluding hydrogens is 264 g/mol. The summed E-state index contributed by atoms with van der Waals surface area (Å²) in [6, 6.07) is 3.90. The molecule has 0 unspecified atom stereocenters. The highest BCUT2D eigenvalue weighted by atomic mass is 19.1. The average Bonchev–Trinajstić information content (AvgIpc) is 2.46. The highest BCUT2D eigenvalue weighted by Crippen LogP contribution is 2.20. The van der Waals surface area contributed by atoms with Gasteiger partial charge in [-0.25, -0.2) is 13.8 Å². The van der Waals surface area contributed by atoms with Crippen LogP contribution in [0.25, 0.3) is 0 Å². The summed E-state index contributed by atoms with van der Waals surface area (Å²) in [5.41, 5.74) is 0.413. The summed E-state index contributed by atoms with van der Waals surface area (Å²) in [5, 5.41) is 0. The van der Waals surface area contributed by atoms with E-state index in [4.69, 9.17) is 0 Å². The van der Waals surface area contributed by atoms with Gasteiger partial charge in [-0.05, 0) is 18.6 Å². The van der Waals surface area contributed by atoms with Crippen molar-refractivity contribution in [1.29, 1.82) is 0 Å². The molecule has 0 fully saturated rings. The molecule has 0 saturated heterocycles. The molecule has 0 aromatic carbocycles. The number of carbonyl (C=O) groups excluding carboxylic acids is 1. The van der Waals surface area contributed by atoms with Crippen molar-refractivity contribution in [2.45, 2.75) is 13.0 Å². The van der Waals surface area contributed by atoms with Gasteiger partial charge in [0.25, 0.3) is 5.91 Å². The molecular formula is C14H13F2N3O. The molecule has 4 nitrogen and oxygen atoms in total. The van der Waals surface area contributed by atoms with Gasteiger partial charge >= 0.3 is 0 Å². The first-order valence-electron chi connectivity index (χ1n) is 5.99. The Morgan fingerprint density at radius 2 is 2.10 bits per heavy atom. The van der Waals surface area contributed by atoms with Crippen LogP contribution in [0.2, 0.25) is 0 Å². The number of amides is 1. The van der Waals surface area contributed by atoms with E-state index in [-0.39, 0.29) is 6.04 Å². The zero-order chi connectivity index (χ0) is 14.7. The standard InChI is InChI=1S/C14H13F2N3O/c1-9(10-4-3-5-17-7-10)19(2)14(20)13-12(16)6-11(15)8-18-13/h3-9H,1-2H3/t9-/m1/s1. The number of rotatable bonds is 3. The minimum atomic E-state index is -0.972. The molecule has 0 saturated carbocycles. The van der Waals surface area contributed by atoms with Crippen molar-refractivity contribution in [1.82, 2.24) is 14.9 Å². The molecule has 1 atom stereocenters. The van der Waals surface area contributed by atoms with Crippen molar-refractivity contribution in [2.75, 3.05) is 7.05 Å². The monoisotopic (exact) mass is 277 g/mol. The number of nitrogens with zero attached hydrogens (tertiary/aromatic N) is 3. The zero-order valence-corrected chi connectivity index (χ0v) is 11.0. The Kier molecular flexibility index (Phi) is 4.02. The van der Waals surface area contributed by atoms with E-state index < -0.39 is 23.2 Å². The third-order valence-corrected chi connectivity index (χ3v) is 3.08. The van der Waals surface area contributed by atoms with Crippen LogP contribution < -0.4 is 0 Å². The molecule has 6 heteroatoms. The maximum atomic E-state index is 13.6. The molecule has 0 aliphatic heterocycles. The Hall–Kier alpha value is -2.37. The number of hydrogen-bond donors (Lipinski definition) is 0. The summed E-state index contributed by atoms with van der Waals surface area (Å²) in [7, 11) is 1.53. The molecule has 2 heterocycles. The molecule has 1 amide bonds. The zero-order valence-electron chi connectivity index (χ0n) is 11.0. The molecule has 0 bridgehead atoms. The van der Waals surface area contributed by atoms with Gasteiger partial charge in [-0.1, -0.05) is 6.07 Å². The van der Waals surface area contributed by atoms with Gasteiger partial charge in [0.2, 0.25) is 0 Å². The Labute approximate surface area is 115 Å². The number of hydrogen-bond acceptors (Lipinski definition) is 3. The molecule has 0 spiro atoms. The molecule has 104 valence electrons. The van der Waals surface area contributed by atoms with E-state index in [1.165, 1.54) is 11.9 Å². The first kappa shape index (κ1) is 14.0. The lowest BCUT2D eigenvalue weighted by Gasteiger charge is -2.24. The fourth-order valence-corrected chi connectivity index (χ4v) is 1.76. The normalized spacial score (nSPS) is 12.0. The maximum absolute atomic E-state index is 13.6. The lowest BCUT2D eigenvalue weighted by molar-refractivity contribution is 0.0731. The number of halogens is 2. The van der Waals surface area contributed by atoms with Gasteiger partial charge in [-0.15, -0.1) is 0 Å². The summed E-state index contributed by atoms with van der Waals surface area (Å²) in [6.45, 7) is 1.79. The highest BCUT2D eigenvalue weighted by Gasteiger charge is 2.23. The van der Waals surface area contributed by atoms with Crippen LogP contribution in [0.15, 0.2) is 36.8 Å². The molecule has 20 heavy (non-hydrogen) atoms. The minimum Gasteiger partial charge on any atom is -0.333 e. The molecule has 0 N–H and O–H groups in total. The number of carbonyl (C=O) groups is 1. The van der Waals surface area contributed by atoms with Crippen molar-refractivity contribution in [2.24, 2.45) is 0 Å². The van der Waals surface area contributed by atoms with E-state index in [9.17, 15) is 13.6 Å². The summed E-state index contributed by atoms with van der Waals surface area (Å²) in [5.74, 6) is -2.40. The van der Waals surface area contributed by atoms with E-state index in [1.807, 2.05) is 6.07 Å². The van der Waals surface area contributed by atoms with Crippen LogP contribution in [-0.2, 0) is 0 Å². The Morgan fingerprint density at radius 3 is 2.70 bits per heavy atom. The lowest BCUT2D eigenvalue weighted by Crippen LogP contribution is -2.31. The van der Waals surface area contributed by atoms with Crippen LogP contribution in [0, 0.1) is 11.6 Å². The second-order valence-electron chi connectivity index (χ2n) is 4.36. The van der Waals surface area contributed by atoms with Crippen molar-refractivity contribution in [3.63, 3.8) is 0 Å². The van der Waals surface area contributed by atoms with Crippen LogP contribution in [0.5, 0.6) is 0 Å². The second kappa shape index (κ2) is 5.73. The van der Waals surface area contributed by atoms with E-state index in [0.29, 0.717) is 6.07 Å². The molecule has 2 rings (SSSR count). The van der Waals surface area contributed by atoms with Crippen LogP contribution in [0.3, 0.4) is 0 Å². The van der Waals surface area contributed by atoms with Gasteiger partial charge in [-0.2, -0.15) is 0 Å². The van der Waals surface area contributed by atoms with Gasteiger partial charge < -0.3 is 4.90 Å². The van der Waals surface area contributed by atoms with Crippen molar-refractivity contribution < 1.29 is 13.6 Å². The lowest BCUT2D eigenvalue weighted by atomic mass is 10.1. The van der Waals surface area contributed by atoms with Crippen molar-refractivity contribution in [3.05, 3.63) is 59.7 Å². The minimum absolute atomic E-state index is 0.303. The Balaban J connectivity index is 2.24. The molecule has 0 radical (unpaired) electrons. The van der Waals surface area contributed by atoms with Crippen LogP contribution in [0.4, 0.5) is 8.78 Å². The largest absolute Gasteiger partial charge is 0.333 e. The first-order chi connectivity index (χ1) is 9.50. The quantitative estimate of drug-likeness (QED) is 0.866. The maximum Gasteiger partial charge on any atom is 0.275 e. The third kappa shape index (κ3) is 2.79. The second-order valence-corrected chi connectivity index (χ2v) is 4.36. The fourth-order valence-electron chi connectivity index (χ4n) is 1.76. The third-order valence-electron chi connectivity index (χ3n) is 3.08. The number of pyridine rings is 2. The fraction of sp³-hybridized carbons (Fsp3) is 0.214. The van der Waals surface area contributed by atoms with Crippen LogP contribution in [-0.4, -0.2) is 27.8 Å². The summed E-state index contributed by atoms with van der Waals surface area (Å²) in [4.78, 5) is 21.0. The van der Waals surface area contributed by atoms with E-state index >= 15 is 0 Å². The molecule has 0 aliphatic carbocycles. The Morgan fingerprint density at radius 1 is 1.35 bits per heavy atom. The highest BCUT2D eigenvalue weighted by molar-refractivity contribution is 5.92. The van der Waals surface area contributed by atoms with Crippen molar-refractivity contribution >= 4 is 5.91 Å². The SMILES string of the molecule is C[C@H](c1cccnc1)N(C)C(=O)c1ncc(F)cc1F. The van der Waals surface area contributed by atoms with E-state index in [0.717, 1.165) is 11.8 Å². The van der Waals surface area contributed by atoms with Gasteiger partial charge in [0.1, 0.15) is 5.82 Å². The topological polar surface area (TPSA) is 46.1 Å².